The first-order valence-corrected chi connectivity index (χ1v) is 5.83. The Morgan fingerprint density at radius 1 is 1.38 bits per heavy atom. The number of hydrogen-bond acceptors (Lipinski definition) is 5. The van der Waals surface area contributed by atoms with Gasteiger partial charge in [0.25, 0.3) is 0 Å². The van der Waals surface area contributed by atoms with Gasteiger partial charge in [0.1, 0.15) is 5.76 Å². The highest BCUT2D eigenvalue weighted by atomic mass is 16.5. The van der Waals surface area contributed by atoms with Gasteiger partial charge in [-0.1, -0.05) is 0 Å². The minimum atomic E-state index is 0.767. The molecule has 5 nitrogen and oxygen atoms in total. The minimum absolute atomic E-state index is 0.767. The number of nitrogens with one attached hydrogen (secondary N) is 1. The van der Waals surface area contributed by atoms with Gasteiger partial charge in [-0.3, -0.25) is 4.90 Å². The average Bonchev–Trinajstić information content (AvgIpc) is 2.83. The molecular weight excluding hydrogens is 206 g/mol. The molecule has 1 saturated heterocycles. The van der Waals surface area contributed by atoms with E-state index in [1.165, 1.54) is 6.39 Å². The molecule has 1 aliphatic heterocycles. The van der Waals surface area contributed by atoms with Crippen LogP contribution in [0.15, 0.2) is 17.0 Å². The number of ether oxygens (including phenoxy) is 1. The maximum atomic E-state index is 5.30. The highest BCUT2D eigenvalue weighted by Gasteiger charge is 2.08. The summed E-state index contributed by atoms with van der Waals surface area (Å²) in [5.41, 5.74) is 0. The van der Waals surface area contributed by atoms with Gasteiger partial charge in [-0.15, -0.1) is 0 Å². The van der Waals surface area contributed by atoms with Crippen LogP contribution >= 0.6 is 0 Å². The van der Waals surface area contributed by atoms with E-state index in [4.69, 9.17) is 9.15 Å². The van der Waals surface area contributed by atoms with Crippen molar-refractivity contribution in [3.8, 4) is 0 Å². The summed E-state index contributed by atoms with van der Waals surface area (Å²) in [6, 6.07) is 0. The SMILES string of the molecule is c1ncc(CNCCCN2CCOCC2)o1. The Morgan fingerprint density at radius 3 is 3.00 bits per heavy atom. The lowest BCUT2D eigenvalue weighted by atomic mass is 10.3. The first kappa shape index (κ1) is 11.6. The Labute approximate surface area is 95.8 Å². The molecule has 16 heavy (non-hydrogen) atoms. The molecule has 0 atom stereocenters. The van der Waals surface area contributed by atoms with E-state index >= 15 is 0 Å². The molecule has 1 aromatic rings. The fourth-order valence-electron chi connectivity index (χ4n) is 1.79. The second-order valence-corrected chi connectivity index (χ2v) is 3.95. The van der Waals surface area contributed by atoms with Crippen LogP contribution in [-0.2, 0) is 11.3 Å². The van der Waals surface area contributed by atoms with E-state index in [0.717, 1.165) is 58.1 Å². The van der Waals surface area contributed by atoms with E-state index in [-0.39, 0.29) is 0 Å². The summed E-state index contributed by atoms with van der Waals surface area (Å²) in [6.45, 7) is 6.83. The van der Waals surface area contributed by atoms with Crippen molar-refractivity contribution in [1.29, 1.82) is 0 Å². The van der Waals surface area contributed by atoms with Gasteiger partial charge in [-0.25, -0.2) is 4.98 Å². The maximum absolute atomic E-state index is 5.30. The number of rotatable bonds is 6. The van der Waals surface area contributed by atoms with Crippen LogP contribution in [0.4, 0.5) is 0 Å². The van der Waals surface area contributed by atoms with Crippen LogP contribution in [0.2, 0.25) is 0 Å². The largest absolute Gasteiger partial charge is 0.447 e. The van der Waals surface area contributed by atoms with E-state index in [9.17, 15) is 0 Å². The Hall–Kier alpha value is -0.910. The molecule has 0 saturated carbocycles. The Bertz CT molecular complexity index is 271. The summed E-state index contributed by atoms with van der Waals surface area (Å²) in [6.07, 6.45) is 4.37. The molecule has 90 valence electrons. The summed E-state index contributed by atoms with van der Waals surface area (Å²) in [5, 5.41) is 3.34. The van der Waals surface area contributed by atoms with Gasteiger partial charge in [0.15, 0.2) is 6.39 Å². The highest BCUT2D eigenvalue weighted by Crippen LogP contribution is 1.98. The smallest absolute Gasteiger partial charge is 0.180 e. The van der Waals surface area contributed by atoms with Crippen LogP contribution in [0, 0.1) is 0 Å². The van der Waals surface area contributed by atoms with Gasteiger partial charge in [-0.05, 0) is 19.5 Å². The van der Waals surface area contributed by atoms with Crippen LogP contribution in [-0.4, -0.2) is 49.3 Å². The summed E-state index contributed by atoms with van der Waals surface area (Å²) >= 11 is 0. The maximum Gasteiger partial charge on any atom is 0.180 e. The minimum Gasteiger partial charge on any atom is -0.447 e. The highest BCUT2D eigenvalue weighted by molar-refractivity contribution is 4.86. The van der Waals surface area contributed by atoms with Gasteiger partial charge in [0.2, 0.25) is 0 Å². The molecule has 2 rings (SSSR count). The van der Waals surface area contributed by atoms with Crippen LogP contribution in [0.25, 0.3) is 0 Å². The van der Waals surface area contributed by atoms with Crippen LogP contribution in [0.1, 0.15) is 12.2 Å². The Morgan fingerprint density at radius 2 is 2.25 bits per heavy atom. The zero-order valence-electron chi connectivity index (χ0n) is 9.52. The fourth-order valence-corrected chi connectivity index (χ4v) is 1.79. The van der Waals surface area contributed by atoms with Crippen molar-refractivity contribution < 1.29 is 9.15 Å². The number of morpholine rings is 1. The Balaban J connectivity index is 1.48. The van der Waals surface area contributed by atoms with Gasteiger partial charge in [0, 0.05) is 13.1 Å². The molecular formula is C11H19N3O2. The van der Waals surface area contributed by atoms with Crippen molar-refractivity contribution in [3.05, 3.63) is 18.4 Å². The molecule has 0 aliphatic carbocycles. The van der Waals surface area contributed by atoms with Gasteiger partial charge in [0.05, 0.1) is 26.0 Å². The molecule has 1 aromatic heterocycles. The van der Waals surface area contributed by atoms with Crippen molar-refractivity contribution in [1.82, 2.24) is 15.2 Å². The molecule has 0 spiro atoms. The molecule has 5 heteroatoms. The molecule has 0 bridgehead atoms. The molecule has 1 fully saturated rings. The lowest BCUT2D eigenvalue weighted by molar-refractivity contribution is 0.0374. The second kappa shape index (κ2) is 6.62. The van der Waals surface area contributed by atoms with Gasteiger partial charge >= 0.3 is 0 Å². The number of hydrogen-bond donors (Lipinski definition) is 1. The van der Waals surface area contributed by atoms with Crippen LogP contribution < -0.4 is 5.32 Å². The van der Waals surface area contributed by atoms with Crippen molar-refractivity contribution in [2.45, 2.75) is 13.0 Å². The molecule has 0 aromatic carbocycles. The predicted molar refractivity (Wildman–Crippen MR) is 60.1 cm³/mol. The second-order valence-electron chi connectivity index (χ2n) is 3.95. The van der Waals surface area contributed by atoms with E-state index in [0.29, 0.717) is 0 Å². The molecule has 1 N–H and O–H groups in total. The van der Waals surface area contributed by atoms with E-state index in [1.807, 2.05) is 0 Å². The summed E-state index contributed by atoms with van der Waals surface area (Å²) < 4.78 is 10.4. The lowest BCUT2D eigenvalue weighted by Crippen LogP contribution is -2.37. The third-order valence-corrected chi connectivity index (χ3v) is 2.71. The first-order chi connectivity index (χ1) is 7.95. The Kier molecular flexibility index (Phi) is 4.79. The van der Waals surface area contributed by atoms with Gasteiger partial charge < -0.3 is 14.5 Å². The monoisotopic (exact) mass is 225 g/mol. The molecule has 0 unspecified atom stereocenters. The van der Waals surface area contributed by atoms with Gasteiger partial charge in [-0.2, -0.15) is 0 Å². The molecule has 0 amide bonds. The quantitative estimate of drug-likeness (QED) is 0.714. The standard InChI is InChI=1S/C11H19N3O2/c1(3-14-4-6-15-7-5-14)2-12-8-11-9-13-10-16-11/h9-10,12H,1-8H2. The van der Waals surface area contributed by atoms with Crippen LogP contribution in [0.3, 0.4) is 0 Å². The first-order valence-electron chi connectivity index (χ1n) is 5.83. The number of aromatic nitrogens is 1. The van der Waals surface area contributed by atoms with Crippen molar-refractivity contribution >= 4 is 0 Å². The predicted octanol–water partition coefficient (Wildman–Crippen LogP) is 0.486. The third-order valence-electron chi connectivity index (χ3n) is 2.71. The fraction of sp³-hybridized carbons (Fsp3) is 0.727. The average molecular weight is 225 g/mol. The zero-order chi connectivity index (χ0) is 11.1. The number of oxazole rings is 1. The molecule has 0 radical (unpaired) electrons. The summed E-state index contributed by atoms with van der Waals surface area (Å²) in [7, 11) is 0. The van der Waals surface area contributed by atoms with Crippen molar-refractivity contribution in [3.63, 3.8) is 0 Å². The normalized spacial score (nSPS) is 17.8. The lowest BCUT2D eigenvalue weighted by Gasteiger charge is -2.26. The van der Waals surface area contributed by atoms with Crippen molar-refractivity contribution in [2.75, 3.05) is 39.4 Å². The van der Waals surface area contributed by atoms with E-state index < -0.39 is 0 Å². The molecule has 1 aliphatic rings. The zero-order valence-corrected chi connectivity index (χ0v) is 9.52. The summed E-state index contributed by atoms with van der Waals surface area (Å²) in [5.74, 6) is 0.895. The third kappa shape index (κ3) is 3.92. The summed E-state index contributed by atoms with van der Waals surface area (Å²) in [4.78, 5) is 6.31. The van der Waals surface area contributed by atoms with Crippen molar-refractivity contribution in [2.24, 2.45) is 0 Å². The van der Waals surface area contributed by atoms with E-state index in [2.05, 4.69) is 15.2 Å². The van der Waals surface area contributed by atoms with E-state index in [1.54, 1.807) is 6.20 Å². The van der Waals surface area contributed by atoms with Crippen LogP contribution in [0.5, 0.6) is 0 Å². The number of nitrogens with zero attached hydrogens (tertiary/aromatic N) is 2. The topological polar surface area (TPSA) is 50.5 Å². The molecule has 2 heterocycles.